The molecule has 8 aliphatic heterocycles. The molecule has 130 heavy (non-hydrogen) atoms. The summed E-state index contributed by atoms with van der Waals surface area (Å²) in [5.74, 6) is 13.8. The molecule has 12 aromatic carbocycles. The quantitative estimate of drug-likeness (QED) is 0.0346. The van der Waals surface area contributed by atoms with Crippen LogP contribution in [0.3, 0.4) is 0 Å². The molecule has 0 fully saturated rings. The molecule has 0 saturated heterocycles. The lowest BCUT2D eigenvalue weighted by atomic mass is 9.96. The van der Waals surface area contributed by atoms with Crippen molar-refractivity contribution in [3.63, 3.8) is 0 Å². The van der Waals surface area contributed by atoms with Gasteiger partial charge in [-0.2, -0.15) is 0 Å². The van der Waals surface area contributed by atoms with Gasteiger partial charge in [-0.1, -0.05) is 229 Å². The van der Waals surface area contributed by atoms with Crippen molar-refractivity contribution in [1.82, 2.24) is 0 Å². The number of fused-ring (bicyclic) bond motifs is 17. The van der Waals surface area contributed by atoms with Crippen LogP contribution < -0.4 is 76.4 Å². The number of hydrogen-bond acceptors (Lipinski definition) is 16. The Balaban J connectivity index is 0.827. The Labute approximate surface area is 761 Å². The van der Waals surface area contributed by atoms with E-state index in [-0.39, 0.29) is 0 Å². The molecule has 656 valence electrons. The molecule has 0 bridgehead atoms. The molecule has 0 atom stereocenters. The average molecular weight is 1730 g/mol. The maximum absolute atomic E-state index is 7.58. The summed E-state index contributed by atoms with van der Waals surface area (Å²) in [6.45, 7) is 11.0. The van der Waals surface area contributed by atoms with Crippen molar-refractivity contribution in [2.75, 3.05) is 46.0 Å². The maximum Gasteiger partial charge on any atom is 0.155 e. The Bertz CT molecular complexity index is 6230. The predicted octanol–water partition coefficient (Wildman–Crippen LogP) is 35.1. The minimum Gasteiger partial charge on any atom is -0.493 e. The van der Waals surface area contributed by atoms with Crippen LogP contribution in [-0.2, 0) is 0 Å². The smallest absolute Gasteiger partial charge is 0.155 e. The first-order valence-corrected chi connectivity index (χ1v) is 47.7. The topological polar surface area (TPSA) is 124 Å². The van der Waals surface area contributed by atoms with Crippen molar-refractivity contribution in [2.24, 2.45) is 0 Å². The number of rotatable bonds is 36. The van der Waals surface area contributed by atoms with E-state index in [0.717, 1.165) is 250 Å². The van der Waals surface area contributed by atoms with Gasteiger partial charge < -0.3 is 56.8 Å². The van der Waals surface area contributed by atoms with Crippen molar-refractivity contribution in [3.8, 4) is 171 Å². The second-order valence-corrected chi connectivity index (χ2v) is 35.3. The number of unbranched alkanes of at least 4 members (excludes halogenated alkanes) is 20. The van der Waals surface area contributed by atoms with Gasteiger partial charge in [0, 0.05) is 46.5 Å². The maximum atomic E-state index is 7.58. The Kier molecular flexibility index (Phi) is 22.7. The van der Waals surface area contributed by atoms with Crippen LogP contribution in [0.15, 0.2) is 243 Å². The third kappa shape index (κ3) is 15.2. The Hall–Kier alpha value is -13.9. The summed E-state index contributed by atoms with van der Waals surface area (Å²) in [5.41, 5.74) is 18.7. The van der Waals surface area contributed by atoms with Gasteiger partial charge in [-0.3, -0.25) is 19.6 Å². The Morgan fingerprint density at radius 2 is 0.392 bits per heavy atom. The first kappa shape index (κ1) is 81.9. The van der Waals surface area contributed by atoms with Gasteiger partial charge in [0.25, 0.3) is 0 Å². The van der Waals surface area contributed by atoms with Crippen LogP contribution in [-0.4, -0.2) is 26.4 Å². The summed E-state index contributed by atoms with van der Waals surface area (Å²) < 4.78 is 86.8. The van der Waals surface area contributed by atoms with Crippen LogP contribution in [0, 0.1) is 0 Å². The molecule has 0 amide bonds. The van der Waals surface area contributed by atoms with Crippen LogP contribution >= 0.6 is 0 Å². The zero-order valence-corrected chi connectivity index (χ0v) is 74.6. The van der Waals surface area contributed by atoms with Crippen LogP contribution in [0.25, 0.3) is 55.6 Å². The highest BCUT2D eigenvalue weighted by atomic mass is 16.5. The van der Waals surface area contributed by atoms with E-state index in [1.54, 1.807) is 0 Å². The molecule has 16 heteroatoms. The first-order chi connectivity index (χ1) is 64.3. The van der Waals surface area contributed by atoms with Crippen molar-refractivity contribution < 1.29 is 56.8 Å². The number of benzene rings is 12. The van der Waals surface area contributed by atoms with Gasteiger partial charge in [-0.15, -0.1) is 0 Å². The van der Waals surface area contributed by atoms with E-state index < -0.39 is 0 Å². The second kappa shape index (κ2) is 36.0. The van der Waals surface area contributed by atoms with Gasteiger partial charge in [0.15, 0.2) is 92.0 Å². The lowest BCUT2D eigenvalue weighted by molar-refractivity contribution is 0.305. The highest BCUT2D eigenvalue weighted by molar-refractivity contribution is 6.07. The van der Waals surface area contributed by atoms with Gasteiger partial charge in [-0.05, 0) is 205 Å². The monoisotopic (exact) mass is 1720 g/mol. The molecule has 0 N–H and O–H groups in total. The molecule has 8 heterocycles. The van der Waals surface area contributed by atoms with Crippen molar-refractivity contribution in [2.45, 2.75) is 182 Å². The van der Waals surface area contributed by atoms with Crippen molar-refractivity contribution >= 4 is 68.2 Å². The van der Waals surface area contributed by atoms with Crippen LogP contribution in [0.5, 0.6) is 115 Å². The molecule has 22 rings (SSSR count). The number of ether oxygens (including phenoxy) is 12. The highest BCUT2D eigenvalue weighted by Crippen LogP contribution is 2.68. The summed E-state index contributed by atoms with van der Waals surface area (Å²) in [5, 5.41) is 0. The third-order valence-electron chi connectivity index (χ3n) is 26.4. The van der Waals surface area contributed by atoms with Gasteiger partial charge in [0.2, 0.25) is 0 Å². The zero-order valence-electron chi connectivity index (χ0n) is 74.6. The largest absolute Gasteiger partial charge is 0.493 e. The fourth-order valence-electron chi connectivity index (χ4n) is 19.9. The summed E-state index contributed by atoms with van der Waals surface area (Å²) >= 11 is 0. The molecule has 10 aliphatic rings. The number of hydrogen-bond donors (Lipinski definition) is 0. The molecule has 12 aromatic rings. The van der Waals surface area contributed by atoms with Crippen LogP contribution in [0.2, 0.25) is 0 Å². The lowest BCUT2D eigenvalue weighted by Gasteiger charge is -2.38. The number of para-hydroxylation sites is 12. The summed E-state index contributed by atoms with van der Waals surface area (Å²) in [4.78, 5) is 9.16. The van der Waals surface area contributed by atoms with Crippen molar-refractivity contribution in [3.05, 3.63) is 243 Å². The molecule has 2 aliphatic carbocycles. The first-order valence-electron chi connectivity index (χ1n) is 47.7. The minimum atomic E-state index is 0.468. The molecule has 0 spiro atoms. The van der Waals surface area contributed by atoms with E-state index in [4.69, 9.17) is 56.8 Å². The minimum absolute atomic E-state index is 0.468. The van der Waals surface area contributed by atoms with Crippen LogP contribution in [0.1, 0.15) is 182 Å². The molecule has 0 unspecified atom stereocenters. The highest BCUT2D eigenvalue weighted by Gasteiger charge is 2.43. The molecule has 16 nitrogen and oxygen atoms in total. The molecular weight excluding hydrogens is 1620 g/mol. The predicted molar refractivity (Wildman–Crippen MR) is 520 cm³/mol. The number of nitrogens with zero attached hydrogens (tertiary/aromatic N) is 4. The summed E-state index contributed by atoms with van der Waals surface area (Å²) in [7, 11) is 0. The van der Waals surface area contributed by atoms with E-state index in [1.165, 1.54) is 51.4 Å². The fourth-order valence-corrected chi connectivity index (χ4v) is 19.9. The van der Waals surface area contributed by atoms with E-state index in [2.05, 4.69) is 169 Å². The van der Waals surface area contributed by atoms with Gasteiger partial charge in [0.05, 0.1) is 71.9 Å². The molecule has 0 saturated carbocycles. The average Bonchev–Trinajstić information content (AvgIpc) is 1.25. The van der Waals surface area contributed by atoms with Crippen LogP contribution in [0.4, 0.5) is 68.2 Å². The zero-order chi connectivity index (χ0) is 87.1. The SMILES string of the molecule is CCCCCCCCOc1cc2c(cc1-c1cc(-c3cc4c(cc3OCCCCCCCC)N3c5ccccc5Oc5cccc(c53)O4)cc3c(-c4cc5c(cc4OCCCCCCCC)N4c6ccccc6Oc6cccc(c64)O5)cc(-c4cc5c(cc4OCCCCCCCC)N4c6ccccc6Oc6cccc(c64)O5)c-3c1)Oc1cccc3c1N2c1ccccc1O3. The Morgan fingerprint density at radius 1 is 0.177 bits per heavy atom. The van der Waals surface area contributed by atoms with Gasteiger partial charge >= 0.3 is 0 Å². The van der Waals surface area contributed by atoms with E-state index in [9.17, 15) is 0 Å². The van der Waals surface area contributed by atoms with E-state index >= 15 is 0 Å². The molecular formula is C114H108N4O12. The van der Waals surface area contributed by atoms with Gasteiger partial charge in [-0.25, -0.2) is 0 Å². The van der Waals surface area contributed by atoms with E-state index in [0.29, 0.717) is 118 Å². The molecule has 0 radical (unpaired) electrons. The van der Waals surface area contributed by atoms with Crippen molar-refractivity contribution in [1.29, 1.82) is 0 Å². The standard InChI is InChI=1S/C114H108N4O12/c1-5-9-13-17-21-33-57-119-103-69-87-107(127-99-53-37-49-95-111(99)115(87)83-41-25-29-45-91(83)123-95)65-75(103)73-61-74(76-66-108-88(70-104(76)120-58-34-22-18-14-10-6-2)116-84-42-26-30-46-92(84)124-96-50-38-54-100(128-108)112(96)116)63-78-77(62-73)79(81-67-109-89(71-105(81)121-59-35-23-19-15-11-7-3)117-85-43-27-31-47-93(85)125-97-51-39-55-101(129-109)113(97)117)64-80(78)82-68-110-90(72-106(82)122-60-36-24-20-16-12-8-4)118-86-44-28-32-48-94(86)126-98-52-40-56-102(130-110)114(98)118/h25-32,37-56,61-72H,5-24,33-36,57-60H2,1-4H3. The third-order valence-corrected chi connectivity index (χ3v) is 26.4. The number of anilines is 12. The Morgan fingerprint density at radius 3 is 0.662 bits per heavy atom. The van der Waals surface area contributed by atoms with E-state index in [1.807, 2.05) is 121 Å². The summed E-state index contributed by atoms with van der Waals surface area (Å²) in [6, 6.07) is 84.4. The fraction of sp³-hybridized carbons (Fsp3) is 0.281. The molecule has 0 aromatic heterocycles. The van der Waals surface area contributed by atoms with Gasteiger partial charge in [0.1, 0.15) is 45.7 Å². The second-order valence-electron chi connectivity index (χ2n) is 35.3. The normalized spacial score (nSPS) is 13.3. The summed E-state index contributed by atoms with van der Waals surface area (Å²) in [6.07, 6.45) is 26.1. The lowest BCUT2D eigenvalue weighted by Crippen LogP contribution is -2.20.